The zero-order valence-corrected chi connectivity index (χ0v) is 15.3. The average molecular weight is 372 g/mol. The van der Waals surface area contributed by atoms with Crippen LogP contribution in [0.2, 0.25) is 0 Å². The number of hydrogen-bond donors (Lipinski definition) is 2. The Kier molecular flexibility index (Phi) is 5.07. The fourth-order valence-corrected chi connectivity index (χ4v) is 4.65. The minimum atomic E-state index is -3.83. The van der Waals surface area contributed by atoms with E-state index < -0.39 is 25.8 Å². The number of hydrogen-bond acceptors (Lipinski definition) is 5. The molecule has 0 amide bonds. The molecule has 7 nitrogen and oxygen atoms in total. The molecule has 2 aromatic rings. The zero-order chi connectivity index (χ0) is 18.1. The molecule has 24 heavy (non-hydrogen) atoms. The van der Waals surface area contributed by atoms with Gasteiger partial charge in [0.15, 0.2) is 0 Å². The van der Waals surface area contributed by atoms with Crippen molar-refractivity contribution < 1.29 is 21.9 Å². The highest BCUT2D eigenvalue weighted by Crippen LogP contribution is 2.36. The fourth-order valence-electron chi connectivity index (χ4n) is 2.52. The number of rotatable bonds is 6. The van der Waals surface area contributed by atoms with Gasteiger partial charge in [0.2, 0.25) is 20.0 Å². The van der Waals surface area contributed by atoms with Crippen molar-refractivity contribution in [1.82, 2.24) is 4.31 Å². The Balaban J connectivity index is 2.69. The van der Waals surface area contributed by atoms with E-state index in [0.717, 1.165) is 6.26 Å². The molecule has 0 fully saturated rings. The largest absolute Gasteiger partial charge is 0.506 e. The number of anilines is 1. The van der Waals surface area contributed by atoms with Crippen LogP contribution in [0.25, 0.3) is 10.8 Å². The molecular weight excluding hydrogens is 352 g/mol. The van der Waals surface area contributed by atoms with Crippen LogP contribution in [0.1, 0.15) is 13.8 Å². The maximum atomic E-state index is 12.6. The summed E-state index contributed by atoms with van der Waals surface area (Å²) in [5.41, 5.74) is 0.275. The lowest BCUT2D eigenvalue weighted by Crippen LogP contribution is -2.30. The summed E-state index contributed by atoms with van der Waals surface area (Å²) in [6, 6.07) is 7.40. The van der Waals surface area contributed by atoms with Crippen LogP contribution < -0.4 is 4.72 Å². The molecule has 0 saturated carbocycles. The van der Waals surface area contributed by atoms with E-state index in [1.54, 1.807) is 32.0 Å². The van der Waals surface area contributed by atoms with Gasteiger partial charge in [0.05, 0.1) is 11.9 Å². The molecule has 0 heterocycles. The number of aromatic hydroxyl groups is 1. The monoisotopic (exact) mass is 372 g/mol. The van der Waals surface area contributed by atoms with Crippen LogP contribution >= 0.6 is 0 Å². The van der Waals surface area contributed by atoms with Crippen molar-refractivity contribution in [2.24, 2.45) is 0 Å². The lowest BCUT2D eigenvalue weighted by molar-refractivity contribution is 0.431. The van der Waals surface area contributed by atoms with Crippen molar-refractivity contribution in [2.45, 2.75) is 18.7 Å². The third-order valence-electron chi connectivity index (χ3n) is 3.61. The van der Waals surface area contributed by atoms with E-state index in [4.69, 9.17) is 0 Å². The number of fused-ring (bicyclic) bond motifs is 1. The molecule has 132 valence electrons. The third-order valence-corrected chi connectivity index (χ3v) is 6.29. The molecule has 2 N–H and O–H groups in total. The second-order valence-corrected chi connectivity index (χ2v) is 8.93. The average Bonchev–Trinajstić information content (AvgIpc) is 2.47. The minimum absolute atomic E-state index is 0.199. The molecule has 9 heteroatoms. The highest BCUT2D eigenvalue weighted by Gasteiger charge is 2.26. The van der Waals surface area contributed by atoms with Gasteiger partial charge in [-0.25, -0.2) is 16.8 Å². The van der Waals surface area contributed by atoms with Crippen molar-refractivity contribution in [3.63, 3.8) is 0 Å². The summed E-state index contributed by atoms with van der Waals surface area (Å²) in [5, 5.41) is 11.1. The van der Waals surface area contributed by atoms with E-state index in [0.29, 0.717) is 5.39 Å². The van der Waals surface area contributed by atoms with Crippen LogP contribution in [0.15, 0.2) is 35.2 Å². The maximum Gasteiger partial charge on any atom is 0.246 e. The minimum Gasteiger partial charge on any atom is -0.506 e. The van der Waals surface area contributed by atoms with Crippen molar-refractivity contribution in [1.29, 1.82) is 0 Å². The van der Waals surface area contributed by atoms with Gasteiger partial charge in [-0.1, -0.05) is 32.0 Å². The lowest BCUT2D eigenvalue weighted by Gasteiger charge is -2.20. The smallest absolute Gasteiger partial charge is 0.246 e. The van der Waals surface area contributed by atoms with Crippen molar-refractivity contribution in [3.8, 4) is 5.75 Å². The Labute approximate surface area is 142 Å². The first-order chi connectivity index (χ1) is 11.1. The first-order valence-electron chi connectivity index (χ1n) is 7.34. The molecule has 0 saturated heterocycles. The molecule has 0 radical (unpaired) electrons. The highest BCUT2D eigenvalue weighted by molar-refractivity contribution is 7.92. The van der Waals surface area contributed by atoms with E-state index in [1.807, 2.05) is 0 Å². The van der Waals surface area contributed by atoms with E-state index >= 15 is 0 Å². The molecule has 0 unspecified atom stereocenters. The summed E-state index contributed by atoms with van der Waals surface area (Å²) in [6.07, 6.45) is 1.02. The van der Waals surface area contributed by atoms with Crippen molar-refractivity contribution in [2.75, 3.05) is 24.1 Å². The lowest BCUT2D eigenvalue weighted by atomic mass is 10.1. The quantitative estimate of drug-likeness (QED) is 0.806. The Morgan fingerprint density at radius 1 is 1.00 bits per heavy atom. The molecule has 0 bridgehead atoms. The van der Waals surface area contributed by atoms with Crippen LogP contribution in [0, 0.1) is 0 Å². The van der Waals surface area contributed by atoms with Gasteiger partial charge in [-0.05, 0) is 12.1 Å². The van der Waals surface area contributed by atoms with Gasteiger partial charge < -0.3 is 5.11 Å². The Morgan fingerprint density at radius 3 is 2.17 bits per heavy atom. The molecule has 0 spiro atoms. The number of phenols is 1. The van der Waals surface area contributed by atoms with Crippen LogP contribution in [-0.4, -0.2) is 45.6 Å². The molecule has 0 aliphatic heterocycles. The molecular formula is C15H20N2O5S2. The molecule has 2 rings (SSSR count). The van der Waals surface area contributed by atoms with Crippen LogP contribution in [-0.2, 0) is 20.0 Å². The summed E-state index contributed by atoms with van der Waals surface area (Å²) in [6.45, 7) is 4.00. The SMILES string of the molecule is CCN(CC)S(=O)(=O)c1ccc2c(NS(C)(=O)=O)cccc2c1O. The summed E-state index contributed by atoms with van der Waals surface area (Å²) < 4.78 is 51.7. The third kappa shape index (κ3) is 3.47. The van der Waals surface area contributed by atoms with Gasteiger partial charge in [-0.15, -0.1) is 0 Å². The maximum absolute atomic E-state index is 12.6. The van der Waals surface area contributed by atoms with Crippen LogP contribution in [0.3, 0.4) is 0 Å². The summed E-state index contributed by atoms with van der Waals surface area (Å²) >= 11 is 0. The predicted octanol–water partition coefficient (Wildman–Crippen LogP) is 1.95. The standard InChI is InChI=1S/C15H20N2O5S2/c1-4-17(5-2)24(21,22)14-10-9-11-12(15(14)18)7-6-8-13(11)16-23(3,19)20/h6-10,16,18H,4-5H2,1-3H3. The Bertz CT molecular complexity index is 965. The number of phenolic OH excluding ortho intramolecular Hbond substituents is 1. The van der Waals surface area contributed by atoms with Crippen LogP contribution in [0.4, 0.5) is 5.69 Å². The van der Waals surface area contributed by atoms with E-state index in [1.165, 1.54) is 16.4 Å². The second kappa shape index (κ2) is 6.58. The van der Waals surface area contributed by atoms with E-state index in [2.05, 4.69) is 4.72 Å². The molecule has 0 aromatic heterocycles. The molecule has 0 aliphatic carbocycles. The first kappa shape index (κ1) is 18.5. The van der Waals surface area contributed by atoms with E-state index in [-0.39, 0.29) is 29.1 Å². The highest BCUT2D eigenvalue weighted by atomic mass is 32.2. The Hall–Kier alpha value is -1.84. The topological polar surface area (TPSA) is 104 Å². The van der Waals surface area contributed by atoms with Crippen molar-refractivity contribution >= 4 is 36.5 Å². The zero-order valence-electron chi connectivity index (χ0n) is 13.6. The summed E-state index contributed by atoms with van der Waals surface area (Å²) in [5.74, 6) is -0.392. The number of benzene rings is 2. The number of sulfonamides is 2. The fraction of sp³-hybridized carbons (Fsp3) is 0.333. The van der Waals surface area contributed by atoms with Gasteiger partial charge in [0.1, 0.15) is 10.6 Å². The van der Waals surface area contributed by atoms with Crippen molar-refractivity contribution in [3.05, 3.63) is 30.3 Å². The summed E-state index contributed by atoms with van der Waals surface area (Å²) in [7, 11) is -7.33. The van der Waals surface area contributed by atoms with Gasteiger partial charge in [0, 0.05) is 23.9 Å². The molecule has 2 aromatic carbocycles. The normalized spacial score (nSPS) is 12.7. The van der Waals surface area contributed by atoms with E-state index in [9.17, 15) is 21.9 Å². The van der Waals surface area contributed by atoms with Crippen LogP contribution in [0.5, 0.6) is 5.75 Å². The number of nitrogens with one attached hydrogen (secondary N) is 1. The predicted molar refractivity (Wildman–Crippen MR) is 94.2 cm³/mol. The van der Waals surface area contributed by atoms with Gasteiger partial charge in [-0.2, -0.15) is 4.31 Å². The van der Waals surface area contributed by atoms with Gasteiger partial charge in [0.25, 0.3) is 0 Å². The molecule has 0 atom stereocenters. The number of nitrogens with zero attached hydrogens (tertiary/aromatic N) is 1. The Morgan fingerprint density at radius 2 is 1.62 bits per heavy atom. The summed E-state index contributed by atoms with van der Waals surface area (Å²) in [4.78, 5) is -0.199. The van der Waals surface area contributed by atoms with Gasteiger partial charge in [-0.3, -0.25) is 4.72 Å². The first-order valence-corrected chi connectivity index (χ1v) is 10.7. The second-order valence-electron chi connectivity index (χ2n) is 5.28. The molecule has 0 aliphatic rings. The van der Waals surface area contributed by atoms with Gasteiger partial charge >= 0.3 is 0 Å².